The SMILES string of the molecule is CC(C)(C)OC(=O)NC(CN1C[C@@H]2CC1C(=O)N2C(c1ccc(F)cc1)C1CCC1)C(=O)N1C(C#N)C[C@@H]2C[C@@H]21. The predicted octanol–water partition coefficient (Wildman–Crippen LogP) is 3.36. The highest BCUT2D eigenvalue weighted by molar-refractivity contribution is 5.89. The van der Waals surface area contributed by atoms with Crippen LogP contribution in [0, 0.1) is 29.0 Å². The van der Waals surface area contributed by atoms with E-state index in [1.807, 2.05) is 9.80 Å². The highest BCUT2D eigenvalue weighted by Gasteiger charge is 2.57. The van der Waals surface area contributed by atoms with Crippen LogP contribution in [0.4, 0.5) is 9.18 Å². The number of nitriles is 1. The lowest BCUT2D eigenvalue weighted by Crippen LogP contribution is -2.60. The molecule has 0 spiro atoms. The van der Waals surface area contributed by atoms with Gasteiger partial charge in [-0.05, 0) is 82.4 Å². The van der Waals surface area contributed by atoms with E-state index in [0.717, 1.165) is 31.2 Å². The minimum Gasteiger partial charge on any atom is -0.444 e. The Morgan fingerprint density at radius 2 is 1.90 bits per heavy atom. The van der Waals surface area contributed by atoms with Crippen molar-refractivity contribution in [2.24, 2.45) is 11.8 Å². The Balaban J connectivity index is 1.20. The van der Waals surface area contributed by atoms with Gasteiger partial charge in [-0.15, -0.1) is 0 Å². The maximum absolute atomic E-state index is 13.8. The van der Waals surface area contributed by atoms with Crippen molar-refractivity contribution in [1.29, 1.82) is 5.26 Å². The summed E-state index contributed by atoms with van der Waals surface area (Å²) in [7, 11) is 0. The number of hydrogen-bond donors (Lipinski definition) is 1. The number of likely N-dealkylation sites (tertiary alicyclic amines) is 3. The second kappa shape index (κ2) is 10.0. The third-order valence-corrected chi connectivity index (χ3v) is 9.34. The van der Waals surface area contributed by atoms with Crippen molar-refractivity contribution in [3.8, 4) is 6.07 Å². The normalized spacial score (nSPS) is 30.9. The van der Waals surface area contributed by atoms with Gasteiger partial charge >= 0.3 is 6.09 Å². The Bertz CT molecular complexity index is 1220. The van der Waals surface area contributed by atoms with E-state index in [4.69, 9.17) is 4.74 Å². The van der Waals surface area contributed by atoms with E-state index in [1.54, 1.807) is 37.8 Å². The van der Waals surface area contributed by atoms with Crippen molar-refractivity contribution in [2.45, 2.75) is 101 Å². The number of nitrogens with one attached hydrogen (secondary N) is 1. The van der Waals surface area contributed by atoms with Crippen LogP contribution < -0.4 is 5.32 Å². The van der Waals surface area contributed by atoms with Gasteiger partial charge in [-0.25, -0.2) is 9.18 Å². The summed E-state index contributed by atoms with van der Waals surface area (Å²) in [6, 6.07) is 6.90. The van der Waals surface area contributed by atoms with Crippen molar-refractivity contribution in [1.82, 2.24) is 20.0 Å². The first-order chi connectivity index (χ1) is 19.0. The molecular formula is C30H38FN5O4. The number of halogens is 1. The van der Waals surface area contributed by atoms with Gasteiger partial charge in [0.15, 0.2) is 0 Å². The van der Waals surface area contributed by atoms with Crippen molar-refractivity contribution in [2.75, 3.05) is 13.1 Å². The quantitative estimate of drug-likeness (QED) is 0.557. The number of piperazine rings is 1. The molecule has 3 aliphatic heterocycles. The van der Waals surface area contributed by atoms with Gasteiger partial charge in [0, 0.05) is 25.2 Å². The van der Waals surface area contributed by atoms with Crippen LogP contribution in [0.3, 0.4) is 0 Å². The molecule has 3 heterocycles. The van der Waals surface area contributed by atoms with Gasteiger partial charge in [-0.2, -0.15) is 5.26 Å². The molecule has 5 aliphatic rings. The lowest BCUT2D eigenvalue weighted by Gasteiger charge is -2.45. The Kier molecular flexibility index (Phi) is 6.76. The third-order valence-electron chi connectivity index (χ3n) is 9.34. The van der Waals surface area contributed by atoms with E-state index in [-0.39, 0.29) is 48.3 Å². The minimum absolute atomic E-state index is 0.0168. The van der Waals surface area contributed by atoms with E-state index in [0.29, 0.717) is 31.2 Å². The van der Waals surface area contributed by atoms with Crippen molar-refractivity contribution in [3.63, 3.8) is 0 Å². The Morgan fingerprint density at radius 3 is 2.50 bits per heavy atom. The van der Waals surface area contributed by atoms with E-state index < -0.39 is 23.8 Å². The number of hydrogen-bond acceptors (Lipinski definition) is 6. The zero-order valence-corrected chi connectivity index (χ0v) is 23.4. The van der Waals surface area contributed by atoms with Crippen LogP contribution in [0.2, 0.25) is 0 Å². The van der Waals surface area contributed by atoms with Gasteiger partial charge in [-0.1, -0.05) is 18.6 Å². The number of alkyl carbamates (subject to hydrolysis) is 1. The van der Waals surface area contributed by atoms with Crippen LogP contribution in [-0.4, -0.2) is 81.5 Å². The zero-order valence-electron chi connectivity index (χ0n) is 23.4. The number of nitrogens with zero attached hydrogens (tertiary/aromatic N) is 4. The average Bonchev–Trinajstić information content (AvgIpc) is 3.18. The van der Waals surface area contributed by atoms with Gasteiger partial charge in [0.2, 0.25) is 11.8 Å². The van der Waals surface area contributed by atoms with Crippen LogP contribution >= 0.6 is 0 Å². The van der Waals surface area contributed by atoms with Gasteiger partial charge in [0.1, 0.15) is 23.5 Å². The zero-order chi connectivity index (χ0) is 28.3. The third kappa shape index (κ3) is 4.93. The number of piperidine rings is 1. The molecule has 7 atom stereocenters. The second-order valence-corrected chi connectivity index (χ2v) is 13.2. The lowest BCUT2D eigenvalue weighted by molar-refractivity contribution is -0.143. The van der Waals surface area contributed by atoms with Crippen LogP contribution in [0.25, 0.3) is 0 Å². The first-order valence-electron chi connectivity index (χ1n) is 14.6. The van der Waals surface area contributed by atoms with Gasteiger partial charge in [0.25, 0.3) is 0 Å². The molecule has 214 valence electrons. The second-order valence-electron chi connectivity index (χ2n) is 13.2. The molecule has 4 unspecified atom stereocenters. The molecule has 0 aromatic heterocycles. The molecule has 1 aromatic carbocycles. The Hall–Kier alpha value is -3.19. The summed E-state index contributed by atoms with van der Waals surface area (Å²) in [6.45, 7) is 6.05. The standard InChI is InChI=1S/C30H38FN5O4/c1-30(2,3)40-29(39)33-23(27(37)35-21(14-32)11-19-12-24(19)35)16-34-15-22-13-25(34)28(38)36(22)26(17-5-4-6-17)18-7-9-20(31)10-8-18/h7-10,17,19,21-26H,4-6,11-13,15-16H2,1-3H3,(H,33,39)/t19-,21?,22+,23?,24+,25?,26?/m1/s1. The van der Waals surface area contributed by atoms with Crippen LogP contribution in [-0.2, 0) is 14.3 Å². The highest BCUT2D eigenvalue weighted by atomic mass is 19.1. The number of amides is 3. The number of carbonyl (C=O) groups excluding carboxylic acids is 3. The van der Waals surface area contributed by atoms with E-state index in [2.05, 4.69) is 11.4 Å². The molecule has 10 heteroatoms. The topological polar surface area (TPSA) is 106 Å². The van der Waals surface area contributed by atoms with Gasteiger partial charge in [0.05, 0.1) is 18.2 Å². The number of benzene rings is 1. The van der Waals surface area contributed by atoms with E-state index in [9.17, 15) is 24.0 Å². The van der Waals surface area contributed by atoms with Crippen molar-refractivity contribution in [3.05, 3.63) is 35.6 Å². The summed E-state index contributed by atoms with van der Waals surface area (Å²) in [5, 5.41) is 12.4. The molecule has 5 fully saturated rings. The van der Waals surface area contributed by atoms with E-state index in [1.165, 1.54) is 12.1 Å². The molecule has 3 saturated heterocycles. The molecule has 2 saturated carbocycles. The van der Waals surface area contributed by atoms with Crippen molar-refractivity contribution < 1.29 is 23.5 Å². The summed E-state index contributed by atoms with van der Waals surface area (Å²) in [5.74, 6) is 0.157. The number of carbonyl (C=O) groups is 3. The highest BCUT2D eigenvalue weighted by Crippen LogP contribution is 2.49. The molecule has 2 aliphatic carbocycles. The summed E-state index contributed by atoms with van der Waals surface area (Å²) >= 11 is 0. The molecule has 0 radical (unpaired) electrons. The average molecular weight is 552 g/mol. The maximum Gasteiger partial charge on any atom is 0.408 e. The Morgan fingerprint density at radius 1 is 1.18 bits per heavy atom. The number of fused-ring (bicyclic) bond motifs is 3. The van der Waals surface area contributed by atoms with Crippen LogP contribution in [0.15, 0.2) is 24.3 Å². The molecule has 40 heavy (non-hydrogen) atoms. The van der Waals surface area contributed by atoms with Crippen LogP contribution in [0.1, 0.15) is 70.9 Å². The largest absolute Gasteiger partial charge is 0.444 e. The van der Waals surface area contributed by atoms with E-state index >= 15 is 0 Å². The van der Waals surface area contributed by atoms with Gasteiger partial charge in [-0.3, -0.25) is 14.5 Å². The molecule has 1 aromatic rings. The molecule has 2 bridgehead atoms. The predicted molar refractivity (Wildman–Crippen MR) is 143 cm³/mol. The summed E-state index contributed by atoms with van der Waals surface area (Å²) in [4.78, 5) is 46.1. The maximum atomic E-state index is 13.8. The molecule has 9 nitrogen and oxygen atoms in total. The monoisotopic (exact) mass is 551 g/mol. The van der Waals surface area contributed by atoms with Crippen molar-refractivity contribution >= 4 is 17.9 Å². The minimum atomic E-state index is -0.926. The number of ether oxygens (including phenoxy) is 1. The first-order valence-corrected chi connectivity index (χ1v) is 14.6. The molecule has 6 rings (SSSR count). The fraction of sp³-hybridized carbons (Fsp3) is 0.667. The lowest BCUT2D eigenvalue weighted by atomic mass is 9.76. The summed E-state index contributed by atoms with van der Waals surface area (Å²) in [6.07, 6.45) is 4.74. The van der Waals surface area contributed by atoms with Gasteiger partial charge < -0.3 is 19.9 Å². The van der Waals surface area contributed by atoms with Crippen LogP contribution in [0.5, 0.6) is 0 Å². The molecular weight excluding hydrogens is 513 g/mol. The number of rotatable bonds is 7. The molecule has 3 amide bonds. The molecule has 1 N–H and O–H groups in total. The fourth-order valence-corrected chi connectivity index (χ4v) is 7.27. The Labute approximate surface area is 234 Å². The fourth-order valence-electron chi connectivity index (χ4n) is 7.27. The summed E-state index contributed by atoms with van der Waals surface area (Å²) in [5.41, 5.74) is 0.232. The first kappa shape index (κ1) is 27.0. The summed E-state index contributed by atoms with van der Waals surface area (Å²) < 4.78 is 19.1. The smallest absolute Gasteiger partial charge is 0.408 e.